The highest BCUT2D eigenvalue weighted by Gasteiger charge is 2.25. The van der Waals surface area contributed by atoms with Crippen LogP contribution >= 0.6 is 0 Å². The van der Waals surface area contributed by atoms with Crippen molar-refractivity contribution < 1.29 is 10.0 Å². The number of fused-ring (bicyclic) bond motifs is 1. The molecular weight excluding hydrogens is 256 g/mol. The molecule has 0 bridgehead atoms. The number of piperidine rings is 1. The first-order valence-corrected chi connectivity index (χ1v) is 6.76. The SMILES string of the molecule is O=[N+]([O-])c1c(N2CCC(O)CC2)ccc2ccccc12. The number of aliphatic hydroxyl groups is 1. The Labute approximate surface area is 116 Å². The Hall–Kier alpha value is -2.14. The molecule has 20 heavy (non-hydrogen) atoms. The molecule has 1 aliphatic heterocycles. The van der Waals surface area contributed by atoms with Crippen LogP contribution in [0.3, 0.4) is 0 Å². The van der Waals surface area contributed by atoms with Gasteiger partial charge < -0.3 is 10.0 Å². The van der Waals surface area contributed by atoms with E-state index >= 15 is 0 Å². The van der Waals surface area contributed by atoms with Gasteiger partial charge in [0, 0.05) is 13.1 Å². The summed E-state index contributed by atoms with van der Waals surface area (Å²) >= 11 is 0. The maximum absolute atomic E-state index is 11.5. The molecule has 0 unspecified atom stereocenters. The van der Waals surface area contributed by atoms with Crippen LogP contribution in [0.1, 0.15) is 12.8 Å². The molecule has 5 nitrogen and oxygen atoms in total. The van der Waals surface area contributed by atoms with E-state index in [0.29, 0.717) is 37.0 Å². The minimum absolute atomic E-state index is 0.166. The number of aliphatic hydroxyl groups excluding tert-OH is 1. The standard InChI is InChI=1S/C15H16N2O3/c18-12-7-9-16(10-8-12)14-6-5-11-3-1-2-4-13(11)15(14)17(19)20/h1-6,12,18H,7-10H2. The quantitative estimate of drug-likeness (QED) is 0.674. The summed E-state index contributed by atoms with van der Waals surface area (Å²) in [6.07, 6.45) is 1.03. The number of nitrogens with zero attached hydrogens (tertiary/aromatic N) is 2. The second kappa shape index (κ2) is 5.09. The highest BCUT2D eigenvalue weighted by Crippen LogP contribution is 2.36. The van der Waals surface area contributed by atoms with Crippen molar-refractivity contribution in [1.82, 2.24) is 0 Å². The molecule has 5 heteroatoms. The second-order valence-electron chi connectivity index (χ2n) is 5.13. The van der Waals surface area contributed by atoms with Crippen molar-refractivity contribution in [3.05, 3.63) is 46.5 Å². The molecule has 104 valence electrons. The van der Waals surface area contributed by atoms with Gasteiger partial charge in [0.15, 0.2) is 0 Å². The van der Waals surface area contributed by atoms with Crippen LogP contribution in [0.5, 0.6) is 0 Å². The summed E-state index contributed by atoms with van der Waals surface area (Å²) in [5.41, 5.74) is 0.820. The molecule has 1 aliphatic rings. The van der Waals surface area contributed by atoms with Gasteiger partial charge in [-0.2, -0.15) is 0 Å². The Bertz CT molecular complexity index is 649. The molecule has 1 saturated heterocycles. The van der Waals surface area contributed by atoms with E-state index in [9.17, 15) is 15.2 Å². The maximum atomic E-state index is 11.5. The highest BCUT2D eigenvalue weighted by atomic mass is 16.6. The predicted molar refractivity (Wildman–Crippen MR) is 78.1 cm³/mol. The van der Waals surface area contributed by atoms with Crippen molar-refractivity contribution in [3.63, 3.8) is 0 Å². The van der Waals surface area contributed by atoms with Gasteiger partial charge in [-0.1, -0.05) is 24.3 Å². The first-order valence-electron chi connectivity index (χ1n) is 6.76. The molecule has 0 aromatic heterocycles. The average Bonchev–Trinajstić information content (AvgIpc) is 2.46. The van der Waals surface area contributed by atoms with Gasteiger partial charge in [-0.3, -0.25) is 10.1 Å². The van der Waals surface area contributed by atoms with E-state index < -0.39 is 0 Å². The van der Waals surface area contributed by atoms with Crippen LogP contribution in [0.4, 0.5) is 11.4 Å². The van der Waals surface area contributed by atoms with Crippen LogP contribution in [0.15, 0.2) is 36.4 Å². The summed E-state index contributed by atoms with van der Waals surface area (Å²) in [4.78, 5) is 13.2. The molecule has 3 rings (SSSR count). The summed E-state index contributed by atoms with van der Waals surface area (Å²) in [6.45, 7) is 1.31. The smallest absolute Gasteiger partial charge is 0.300 e. The van der Waals surface area contributed by atoms with Crippen molar-refractivity contribution in [2.75, 3.05) is 18.0 Å². The average molecular weight is 272 g/mol. The van der Waals surface area contributed by atoms with Gasteiger partial charge in [-0.25, -0.2) is 0 Å². The minimum atomic E-state index is -0.303. The first-order chi connectivity index (χ1) is 9.66. The molecule has 0 aliphatic carbocycles. The fraction of sp³-hybridized carbons (Fsp3) is 0.333. The number of benzene rings is 2. The molecule has 2 aromatic carbocycles. The maximum Gasteiger partial charge on any atom is 0.300 e. The van der Waals surface area contributed by atoms with E-state index in [2.05, 4.69) is 0 Å². The Kier molecular flexibility index (Phi) is 3.28. The fourth-order valence-electron chi connectivity index (χ4n) is 2.80. The van der Waals surface area contributed by atoms with Crippen LogP contribution in [-0.2, 0) is 0 Å². The van der Waals surface area contributed by atoms with Crippen LogP contribution in [0.25, 0.3) is 10.8 Å². The lowest BCUT2D eigenvalue weighted by Crippen LogP contribution is -2.36. The van der Waals surface area contributed by atoms with Crippen LogP contribution < -0.4 is 4.90 Å². The van der Waals surface area contributed by atoms with Crippen LogP contribution in [0.2, 0.25) is 0 Å². The number of anilines is 1. The molecular formula is C15H16N2O3. The van der Waals surface area contributed by atoms with Gasteiger partial charge in [0.1, 0.15) is 5.69 Å². The Morgan fingerprint density at radius 1 is 1.15 bits per heavy atom. The number of hydrogen-bond acceptors (Lipinski definition) is 4. The number of hydrogen-bond donors (Lipinski definition) is 1. The van der Waals surface area contributed by atoms with Gasteiger partial charge in [0.25, 0.3) is 5.69 Å². The lowest BCUT2D eigenvalue weighted by molar-refractivity contribution is -0.382. The summed E-state index contributed by atoms with van der Waals surface area (Å²) < 4.78 is 0. The van der Waals surface area contributed by atoms with Crippen LogP contribution in [-0.4, -0.2) is 29.2 Å². The fourth-order valence-corrected chi connectivity index (χ4v) is 2.80. The van der Waals surface area contributed by atoms with E-state index in [1.807, 2.05) is 35.2 Å². The van der Waals surface area contributed by atoms with Gasteiger partial charge in [0.2, 0.25) is 0 Å². The molecule has 0 radical (unpaired) electrons. The minimum Gasteiger partial charge on any atom is -0.393 e. The van der Waals surface area contributed by atoms with Crippen molar-refractivity contribution in [1.29, 1.82) is 0 Å². The zero-order valence-corrected chi connectivity index (χ0v) is 11.0. The summed E-state index contributed by atoms with van der Waals surface area (Å²) in [6, 6.07) is 11.1. The second-order valence-corrected chi connectivity index (χ2v) is 5.13. The molecule has 1 fully saturated rings. The van der Waals surface area contributed by atoms with Gasteiger partial charge in [-0.05, 0) is 30.4 Å². The molecule has 2 aromatic rings. The molecule has 0 spiro atoms. The summed E-state index contributed by atoms with van der Waals surface area (Å²) in [5, 5.41) is 22.6. The first kappa shape index (κ1) is 12.9. The van der Waals surface area contributed by atoms with E-state index in [0.717, 1.165) is 5.39 Å². The number of nitro groups is 1. The lowest BCUT2D eigenvalue weighted by atomic mass is 10.0. The monoisotopic (exact) mass is 272 g/mol. The Morgan fingerprint density at radius 2 is 1.85 bits per heavy atom. The largest absolute Gasteiger partial charge is 0.393 e. The third-order valence-electron chi connectivity index (χ3n) is 3.87. The van der Waals surface area contributed by atoms with E-state index in [4.69, 9.17) is 0 Å². The molecule has 0 atom stereocenters. The molecule has 1 heterocycles. The van der Waals surface area contributed by atoms with Crippen molar-refractivity contribution in [3.8, 4) is 0 Å². The number of rotatable bonds is 2. The van der Waals surface area contributed by atoms with Crippen molar-refractivity contribution in [2.24, 2.45) is 0 Å². The van der Waals surface area contributed by atoms with Crippen LogP contribution in [0, 0.1) is 10.1 Å². The highest BCUT2D eigenvalue weighted by molar-refractivity contribution is 5.96. The summed E-state index contributed by atoms with van der Waals surface area (Å²) in [5.74, 6) is 0. The molecule has 0 amide bonds. The zero-order valence-electron chi connectivity index (χ0n) is 11.0. The van der Waals surface area contributed by atoms with E-state index in [1.54, 1.807) is 6.07 Å². The summed E-state index contributed by atoms with van der Waals surface area (Å²) in [7, 11) is 0. The van der Waals surface area contributed by atoms with Gasteiger partial charge in [0.05, 0.1) is 16.4 Å². The predicted octanol–water partition coefficient (Wildman–Crippen LogP) is 2.71. The molecule has 0 saturated carbocycles. The van der Waals surface area contributed by atoms with E-state index in [1.165, 1.54) is 0 Å². The van der Waals surface area contributed by atoms with Crippen molar-refractivity contribution in [2.45, 2.75) is 18.9 Å². The Morgan fingerprint density at radius 3 is 2.55 bits per heavy atom. The zero-order chi connectivity index (χ0) is 14.1. The lowest BCUT2D eigenvalue weighted by Gasteiger charge is -2.31. The Balaban J connectivity index is 2.10. The van der Waals surface area contributed by atoms with Gasteiger partial charge >= 0.3 is 0 Å². The third kappa shape index (κ3) is 2.20. The van der Waals surface area contributed by atoms with Crippen molar-refractivity contribution >= 4 is 22.1 Å². The van der Waals surface area contributed by atoms with E-state index in [-0.39, 0.29) is 16.7 Å². The van der Waals surface area contributed by atoms with Gasteiger partial charge in [-0.15, -0.1) is 0 Å². The molecule has 1 N–H and O–H groups in total. The topological polar surface area (TPSA) is 66.6 Å². The third-order valence-corrected chi connectivity index (χ3v) is 3.87. The number of nitro benzene ring substituents is 1. The normalized spacial score (nSPS) is 16.6.